The summed E-state index contributed by atoms with van der Waals surface area (Å²) in [7, 11) is 3.25. The highest BCUT2D eigenvalue weighted by Gasteiger charge is 2.23. The molecule has 32 heavy (non-hydrogen) atoms. The largest absolute Gasteiger partial charge is 0.493 e. The molecule has 5 rings (SSSR count). The monoisotopic (exact) mass is 425 g/mol. The molecule has 0 aliphatic heterocycles. The highest BCUT2D eigenvalue weighted by Crippen LogP contribution is 2.41. The van der Waals surface area contributed by atoms with E-state index in [2.05, 4.69) is 63.4 Å². The molecule has 2 aromatic heterocycles. The van der Waals surface area contributed by atoms with Gasteiger partial charge in [0.2, 0.25) is 0 Å². The van der Waals surface area contributed by atoms with Crippen LogP contribution in [0.25, 0.3) is 21.8 Å². The van der Waals surface area contributed by atoms with E-state index in [1.165, 1.54) is 5.56 Å². The number of aromatic nitrogens is 4. The van der Waals surface area contributed by atoms with Gasteiger partial charge < -0.3 is 14.4 Å². The second-order valence-corrected chi connectivity index (χ2v) is 7.52. The molecule has 0 amide bonds. The molecule has 0 bridgehead atoms. The van der Waals surface area contributed by atoms with Crippen LogP contribution >= 0.6 is 0 Å². The molecule has 1 atom stereocenters. The molecule has 0 aliphatic carbocycles. The van der Waals surface area contributed by atoms with Gasteiger partial charge in [0.05, 0.1) is 37.5 Å². The van der Waals surface area contributed by atoms with E-state index in [9.17, 15) is 0 Å². The number of rotatable bonds is 6. The molecule has 0 saturated heterocycles. The van der Waals surface area contributed by atoms with Gasteiger partial charge in [-0.3, -0.25) is 5.10 Å². The number of ether oxygens (including phenoxy) is 2. The maximum absolute atomic E-state index is 5.57. The summed E-state index contributed by atoms with van der Waals surface area (Å²) in [5.74, 6) is 2.05. The summed E-state index contributed by atoms with van der Waals surface area (Å²) in [4.78, 5) is 11.4. The van der Waals surface area contributed by atoms with Gasteiger partial charge in [0.1, 0.15) is 12.1 Å². The topological polar surface area (TPSA) is 76.2 Å². The summed E-state index contributed by atoms with van der Waals surface area (Å²) >= 11 is 0. The van der Waals surface area contributed by atoms with Crippen LogP contribution in [0.15, 0.2) is 73.2 Å². The zero-order valence-electron chi connectivity index (χ0n) is 18.1. The van der Waals surface area contributed by atoms with Crippen molar-refractivity contribution in [2.24, 2.45) is 0 Å². The van der Waals surface area contributed by atoms with Crippen molar-refractivity contribution in [2.75, 3.05) is 19.1 Å². The number of benzene rings is 3. The van der Waals surface area contributed by atoms with Gasteiger partial charge in [-0.2, -0.15) is 5.10 Å². The second-order valence-electron chi connectivity index (χ2n) is 7.52. The Labute approximate surface area is 185 Å². The first kappa shape index (κ1) is 19.8. The van der Waals surface area contributed by atoms with Crippen molar-refractivity contribution in [1.82, 2.24) is 20.2 Å². The number of hydrogen-bond donors (Lipinski definition) is 1. The molecule has 1 unspecified atom stereocenters. The number of methoxy groups -OCH3 is 2. The third-order valence-electron chi connectivity index (χ3n) is 5.72. The lowest BCUT2D eigenvalue weighted by Crippen LogP contribution is -2.23. The van der Waals surface area contributed by atoms with Gasteiger partial charge in [0.25, 0.3) is 0 Å². The van der Waals surface area contributed by atoms with E-state index in [0.717, 1.165) is 33.3 Å². The molecular weight excluding hydrogens is 402 g/mol. The second kappa shape index (κ2) is 8.19. The lowest BCUT2D eigenvalue weighted by atomic mass is 10.0. The number of nitrogens with zero attached hydrogens (tertiary/aromatic N) is 4. The van der Waals surface area contributed by atoms with Gasteiger partial charge in [-0.1, -0.05) is 30.3 Å². The molecule has 160 valence electrons. The molecule has 5 aromatic rings. The van der Waals surface area contributed by atoms with E-state index < -0.39 is 0 Å². The molecule has 0 radical (unpaired) electrons. The lowest BCUT2D eigenvalue weighted by Gasteiger charge is -2.31. The smallest absolute Gasteiger partial charge is 0.162 e. The molecule has 1 N–H and O–H groups in total. The molecule has 3 aromatic carbocycles. The Morgan fingerprint density at radius 3 is 2.47 bits per heavy atom. The third kappa shape index (κ3) is 3.37. The van der Waals surface area contributed by atoms with Gasteiger partial charge in [0, 0.05) is 22.5 Å². The average molecular weight is 425 g/mol. The van der Waals surface area contributed by atoms with Crippen molar-refractivity contribution in [3.8, 4) is 11.5 Å². The Balaban J connectivity index is 1.75. The Kier molecular flexibility index (Phi) is 5.07. The molecule has 7 nitrogen and oxygen atoms in total. The van der Waals surface area contributed by atoms with Crippen molar-refractivity contribution < 1.29 is 9.47 Å². The Morgan fingerprint density at radius 2 is 1.69 bits per heavy atom. The zero-order valence-corrected chi connectivity index (χ0v) is 18.1. The van der Waals surface area contributed by atoms with Crippen molar-refractivity contribution in [3.63, 3.8) is 0 Å². The molecule has 7 heteroatoms. The van der Waals surface area contributed by atoms with E-state index in [1.54, 1.807) is 20.5 Å². The van der Waals surface area contributed by atoms with E-state index in [-0.39, 0.29) is 6.04 Å². The molecule has 0 fully saturated rings. The fraction of sp³-hybridized carbons (Fsp3) is 0.160. The number of hydrogen-bond acceptors (Lipinski definition) is 6. The number of anilines is 2. The van der Waals surface area contributed by atoms with Crippen LogP contribution < -0.4 is 14.4 Å². The molecule has 0 spiro atoms. The van der Waals surface area contributed by atoms with Gasteiger partial charge in [-0.25, -0.2) is 9.97 Å². The van der Waals surface area contributed by atoms with E-state index in [1.807, 2.05) is 30.5 Å². The first-order chi connectivity index (χ1) is 15.7. The summed E-state index contributed by atoms with van der Waals surface area (Å²) in [5, 5.41) is 9.10. The molecule has 2 heterocycles. The van der Waals surface area contributed by atoms with Crippen LogP contribution in [0.2, 0.25) is 0 Å². The number of aromatic amines is 1. The van der Waals surface area contributed by atoms with Crippen molar-refractivity contribution in [1.29, 1.82) is 0 Å². The summed E-state index contributed by atoms with van der Waals surface area (Å²) in [6, 6.07) is 20.4. The maximum Gasteiger partial charge on any atom is 0.162 e. The van der Waals surface area contributed by atoms with Gasteiger partial charge >= 0.3 is 0 Å². The highest BCUT2D eigenvalue weighted by molar-refractivity contribution is 5.95. The van der Waals surface area contributed by atoms with Crippen molar-refractivity contribution >= 4 is 33.3 Å². The van der Waals surface area contributed by atoms with Crippen LogP contribution in [0.3, 0.4) is 0 Å². The predicted molar refractivity (Wildman–Crippen MR) is 126 cm³/mol. The van der Waals surface area contributed by atoms with Crippen molar-refractivity contribution in [3.05, 3.63) is 78.8 Å². The first-order valence-corrected chi connectivity index (χ1v) is 10.3. The van der Waals surface area contributed by atoms with Crippen LogP contribution in [-0.4, -0.2) is 34.4 Å². The van der Waals surface area contributed by atoms with E-state index in [4.69, 9.17) is 14.5 Å². The predicted octanol–water partition coefficient (Wildman–Crippen LogP) is 5.42. The Bertz CT molecular complexity index is 1380. The summed E-state index contributed by atoms with van der Waals surface area (Å²) in [6.45, 7) is 2.17. The quantitative estimate of drug-likeness (QED) is 0.391. The van der Waals surface area contributed by atoms with E-state index in [0.29, 0.717) is 11.5 Å². The minimum Gasteiger partial charge on any atom is -0.493 e. The maximum atomic E-state index is 5.57. The minimum absolute atomic E-state index is 0.00625. The van der Waals surface area contributed by atoms with E-state index >= 15 is 0 Å². The first-order valence-electron chi connectivity index (χ1n) is 10.3. The van der Waals surface area contributed by atoms with Gasteiger partial charge in [0.15, 0.2) is 11.5 Å². The number of fused-ring (bicyclic) bond motifs is 2. The van der Waals surface area contributed by atoms with Crippen LogP contribution in [0, 0.1) is 0 Å². The number of H-pyrrole nitrogens is 1. The van der Waals surface area contributed by atoms with Crippen LogP contribution in [-0.2, 0) is 0 Å². The highest BCUT2D eigenvalue weighted by atomic mass is 16.5. The molecular formula is C25H23N5O2. The van der Waals surface area contributed by atoms with Crippen LogP contribution in [0.4, 0.5) is 11.5 Å². The number of nitrogens with one attached hydrogen (secondary N) is 1. The van der Waals surface area contributed by atoms with Gasteiger partial charge in [-0.05, 0) is 36.8 Å². The summed E-state index contributed by atoms with van der Waals surface area (Å²) in [6.07, 6.45) is 3.42. The van der Waals surface area contributed by atoms with Crippen LogP contribution in [0.1, 0.15) is 18.5 Å². The lowest BCUT2D eigenvalue weighted by molar-refractivity contribution is 0.356. The molecule has 0 aliphatic rings. The Morgan fingerprint density at radius 1 is 0.906 bits per heavy atom. The average Bonchev–Trinajstić information content (AvgIpc) is 3.32. The third-order valence-corrected chi connectivity index (χ3v) is 5.72. The standard InChI is InChI=1S/C25H23N5O2/c1-16(17-7-5-4-6-8-17)30(19-9-10-21-18(11-19)14-28-29-21)25-20-12-23(31-2)24(32-3)13-22(20)26-15-27-25/h4-16H,1-3H3,(H,28,29). The normalized spacial score (nSPS) is 12.1. The zero-order chi connectivity index (χ0) is 22.1. The molecule has 0 saturated carbocycles. The fourth-order valence-corrected chi connectivity index (χ4v) is 4.05. The minimum atomic E-state index is 0.00625. The van der Waals surface area contributed by atoms with Crippen molar-refractivity contribution in [2.45, 2.75) is 13.0 Å². The fourth-order valence-electron chi connectivity index (χ4n) is 4.05. The van der Waals surface area contributed by atoms with Gasteiger partial charge in [-0.15, -0.1) is 0 Å². The Hall–Kier alpha value is -4.13. The summed E-state index contributed by atoms with van der Waals surface area (Å²) < 4.78 is 11.0. The summed E-state index contributed by atoms with van der Waals surface area (Å²) in [5.41, 5.74) is 3.94. The SMILES string of the molecule is COc1cc2ncnc(N(c3ccc4[nH]ncc4c3)C(C)c3ccccc3)c2cc1OC. The van der Waals surface area contributed by atoms with Crippen LogP contribution in [0.5, 0.6) is 11.5 Å².